The van der Waals surface area contributed by atoms with Crippen LogP contribution in [0.5, 0.6) is 0 Å². The van der Waals surface area contributed by atoms with Crippen molar-refractivity contribution < 1.29 is 4.79 Å². The lowest BCUT2D eigenvalue weighted by Crippen LogP contribution is -2.53. The van der Waals surface area contributed by atoms with Crippen LogP contribution in [0.2, 0.25) is 0 Å². The molecule has 0 saturated carbocycles. The number of piperidine rings is 1. The molecule has 4 nitrogen and oxygen atoms in total. The second-order valence-electron chi connectivity index (χ2n) is 7.09. The summed E-state index contributed by atoms with van der Waals surface area (Å²) in [5.41, 5.74) is -0.103. The quantitative estimate of drug-likeness (QED) is 0.676. The minimum Gasteiger partial charge on any atom is -0.350 e. The van der Waals surface area contributed by atoms with Crippen molar-refractivity contribution in [2.75, 3.05) is 26.2 Å². The first-order chi connectivity index (χ1) is 9.89. The van der Waals surface area contributed by atoms with Gasteiger partial charge in [-0.15, -0.1) is 0 Å². The van der Waals surface area contributed by atoms with E-state index in [4.69, 9.17) is 0 Å². The molecule has 21 heavy (non-hydrogen) atoms. The van der Waals surface area contributed by atoms with Crippen LogP contribution in [0.4, 0.5) is 0 Å². The minimum atomic E-state index is -0.103. The molecule has 0 aliphatic carbocycles. The van der Waals surface area contributed by atoms with Gasteiger partial charge in [-0.2, -0.15) is 0 Å². The Balaban J connectivity index is 2.34. The average Bonchev–Trinajstić information content (AvgIpc) is 2.47. The van der Waals surface area contributed by atoms with Crippen LogP contribution in [-0.2, 0) is 4.79 Å². The maximum absolute atomic E-state index is 12.3. The molecular formula is C17H35N3O. The molecule has 0 bridgehead atoms. The van der Waals surface area contributed by atoms with E-state index in [0.717, 1.165) is 38.5 Å². The fourth-order valence-electron chi connectivity index (χ4n) is 2.72. The third kappa shape index (κ3) is 6.35. The summed E-state index contributed by atoms with van der Waals surface area (Å²) in [5, 5.41) is 6.68. The first kappa shape index (κ1) is 18.4. The van der Waals surface area contributed by atoms with Crippen molar-refractivity contribution in [3.63, 3.8) is 0 Å². The van der Waals surface area contributed by atoms with Crippen LogP contribution in [0, 0.1) is 5.92 Å². The van der Waals surface area contributed by atoms with Crippen LogP contribution in [-0.4, -0.2) is 48.6 Å². The van der Waals surface area contributed by atoms with E-state index < -0.39 is 0 Å². The second-order valence-corrected chi connectivity index (χ2v) is 7.09. The topological polar surface area (TPSA) is 44.4 Å². The van der Waals surface area contributed by atoms with Crippen molar-refractivity contribution in [2.24, 2.45) is 5.92 Å². The normalized spacial score (nSPS) is 19.5. The van der Waals surface area contributed by atoms with Crippen molar-refractivity contribution in [2.45, 2.75) is 71.9 Å². The van der Waals surface area contributed by atoms with Gasteiger partial charge in [-0.3, -0.25) is 9.69 Å². The minimum absolute atomic E-state index is 0.0135. The number of hydrogen-bond donors (Lipinski definition) is 2. The maximum Gasteiger partial charge on any atom is 0.237 e. The number of carbonyl (C=O) groups is 1. The zero-order valence-electron chi connectivity index (χ0n) is 14.7. The van der Waals surface area contributed by atoms with Gasteiger partial charge in [-0.25, -0.2) is 0 Å². The molecule has 1 aliphatic heterocycles. The highest BCUT2D eigenvalue weighted by atomic mass is 16.2. The van der Waals surface area contributed by atoms with Gasteiger partial charge in [0.1, 0.15) is 0 Å². The molecule has 0 aromatic carbocycles. The number of likely N-dealkylation sites (tertiary alicyclic amines) is 1. The van der Waals surface area contributed by atoms with Gasteiger partial charge in [0.2, 0.25) is 5.91 Å². The smallest absolute Gasteiger partial charge is 0.237 e. The predicted octanol–water partition coefficient (Wildman–Crippen LogP) is 2.39. The van der Waals surface area contributed by atoms with E-state index >= 15 is 0 Å². The van der Waals surface area contributed by atoms with Gasteiger partial charge in [0.05, 0.1) is 6.04 Å². The number of nitrogens with one attached hydrogen (secondary N) is 2. The van der Waals surface area contributed by atoms with Crippen molar-refractivity contribution in [3.05, 3.63) is 0 Å². The Morgan fingerprint density at radius 2 is 1.90 bits per heavy atom. The monoisotopic (exact) mass is 297 g/mol. The van der Waals surface area contributed by atoms with Gasteiger partial charge in [0, 0.05) is 5.54 Å². The highest BCUT2D eigenvalue weighted by Gasteiger charge is 2.28. The van der Waals surface area contributed by atoms with Crippen molar-refractivity contribution in [1.82, 2.24) is 15.5 Å². The van der Waals surface area contributed by atoms with Crippen LogP contribution < -0.4 is 10.6 Å². The van der Waals surface area contributed by atoms with Gasteiger partial charge >= 0.3 is 0 Å². The standard InChI is InChI=1S/C17H35N3O/c1-6-10-18-13-15-8-11-20(12-9-15)14(3)16(21)19-17(4,5)7-2/h14-15,18H,6-13H2,1-5H3,(H,19,21). The van der Waals surface area contributed by atoms with E-state index in [1.54, 1.807) is 0 Å². The zero-order valence-corrected chi connectivity index (χ0v) is 14.7. The molecule has 1 aliphatic rings. The summed E-state index contributed by atoms with van der Waals surface area (Å²) in [4.78, 5) is 14.7. The Labute approximate surface area is 131 Å². The summed E-state index contributed by atoms with van der Waals surface area (Å²) in [7, 11) is 0. The van der Waals surface area contributed by atoms with Crippen LogP contribution in [0.15, 0.2) is 0 Å². The molecule has 1 heterocycles. The number of rotatable bonds is 8. The highest BCUT2D eigenvalue weighted by Crippen LogP contribution is 2.19. The van der Waals surface area contributed by atoms with Crippen molar-refractivity contribution in [1.29, 1.82) is 0 Å². The number of nitrogens with zero attached hydrogens (tertiary/aromatic N) is 1. The number of carbonyl (C=O) groups excluding carboxylic acids is 1. The van der Waals surface area contributed by atoms with Crippen LogP contribution >= 0.6 is 0 Å². The molecule has 0 radical (unpaired) electrons. The molecule has 2 N–H and O–H groups in total. The lowest BCUT2D eigenvalue weighted by atomic mass is 9.95. The van der Waals surface area contributed by atoms with Gasteiger partial charge < -0.3 is 10.6 Å². The van der Waals surface area contributed by atoms with Gasteiger partial charge in [-0.1, -0.05) is 13.8 Å². The van der Waals surface area contributed by atoms with Crippen LogP contribution in [0.1, 0.15) is 60.3 Å². The SMILES string of the molecule is CCCNCC1CCN(C(C)C(=O)NC(C)(C)CC)CC1. The van der Waals surface area contributed by atoms with E-state index in [9.17, 15) is 4.79 Å². The predicted molar refractivity (Wildman–Crippen MR) is 89.4 cm³/mol. The molecule has 4 heteroatoms. The third-order valence-electron chi connectivity index (χ3n) is 4.78. The van der Waals surface area contributed by atoms with Crippen LogP contribution in [0.25, 0.3) is 0 Å². The molecule has 124 valence electrons. The first-order valence-electron chi connectivity index (χ1n) is 8.66. The zero-order chi connectivity index (χ0) is 15.9. The summed E-state index contributed by atoms with van der Waals surface area (Å²) >= 11 is 0. The van der Waals surface area contributed by atoms with Gasteiger partial charge in [0.25, 0.3) is 0 Å². The van der Waals surface area contributed by atoms with Crippen LogP contribution in [0.3, 0.4) is 0 Å². The first-order valence-corrected chi connectivity index (χ1v) is 8.66. The molecular weight excluding hydrogens is 262 g/mol. The fourth-order valence-corrected chi connectivity index (χ4v) is 2.72. The molecule has 0 spiro atoms. The Hall–Kier alpha value is -0.610. The summed E-state index contributed by atoms with van der Waals surface area (Å²) in [6.45, 7) is 14.9. The molecule has 0 aromatic heterocycles. The van der Waals surface area contributed by atoms with Gasteiger partial charge in [0.15, 0.2) is 0 Å². The number of hydrogen-bond acceptors (Lipinski definition) is 3. The summed E-state index contributed by atoms with van der Waals surface area (Å²) in [5.74, 6) is 0.944. The number of amides is 1. The molecule has 1 amide bonds. The van der Waals surface area contributed by atoms with Gasteiger partial charge in [-0.05, 0) is 78.6 Å². The molecule has 1 atom stereocenters. The molecule has 0 aromatic rings. The lowest BCUT2D eigenvalue weighted by molar-refractivity contribution is -0.128. The van der Waals surface area contributed by atoms with E-state index in [1.165, 1.54) is 19.3 Å². The van der Waals surface area contributed by atoms with E-state index in [1.807, 2.05) is 6.92 Å². The highest BCUT2D eigenvalue weighted by molar-refractivity contribution is 5.82. The second kappa shape index (κ2) is 8.74. The Bertz CT molecular complexity index is 309. The Kier molecular flexibility index (Phi) is 7.67. The molecule has 1 saturated heterocycles. The molecule has 1 fully saturated rings. The summed E-state index contributed by atoms with van der Waals surface area (Å²) in [6, 6.07) is -0.0135. The fraction of sp³-hybridized carbons (Fsp3) is 0.941. The van der Waals surface area contributed by atoms with Crippen molar-refractivity contribution in [3.8, 4) is 0 Å². The van der Waals surface area contributed by atoms with E-state index in [2.05, 4.69) is 43.2 Å². The molecule has 1 unspecified atom stereocenters. The largest absolute Gasteiger partial charge is 0.350 e. The Morgan fingerprint density at radius 3 is 2.43 bits per heavy atom. The van der Waals surface area contributed by atoms with E-state index in [0.29, 0.717) is 0 Å². The summed E-state index contributed by atoms with van der Waals surface area (Å²) < 4.78 is 0. The molecule has 1 rings (SSSR count). The Morgan fingerprint density at radius 1 is 1.29 bits per heavy atom. The average molecular weight is 297 g/mol. The maximum atomic E-state index is 12.3. The van der Waals surface area contributed by atoms with E-state index in [-0.39, 0.29) is 17.5 Å². The summed E-state index contributed by atoms with van der Waals surface area (Å²) in [6.07, 6.45) is 4.55. The van der Waals surface area contributed by atoms with Crippen molar-refractivity contribution >= 4 is 5.91 Å². The lowest BCUT2D eigenvalue weighted by Gasteiger charge is -2.37. The third-order valence-corrected chi connectivity index (χ3v) is 4.78.